The highest BCUT2D eigenvalue weighted by molar-refractivity contribution is 7.89. The van der Waals surface area contributed by atoms with Crippen molar-refractivity contribution in [1.82, 2.24) is 4.31 Å². The van der Waals surface area contributed by atoms with E-state index in [1.807, 2.05) is 0 Å². The van der Waals surface area contributed by atoms with Crippen molar-refractivity contribution in [2.45, 2.75) is 11.3 Å². The average molecular weight is 271 g/mol. The number of methoxy groups -OCH3 is 1. The molecule has 1 aliphatic heterocycles. The van der Waals surface area contributed by atoms with E-state index in [0.717, 1.165) is 12.5 Å². The number of hydrogen-bond acceptors (Lipinski definition) is 4. The number of carbonyl (C=O) groups is 1. The fraction of sp³-hybridized carbons (Fsp3) is 0.364. The molecule has 0 amide bonds. The normalized spacial score (nSPS) is 16.1. The monoisotopic (exact) mass is 271 g/mol. The lowest BCUT2D eigenvalue weighted by Crippen LogP contribution is -2.42. The molecule has 1 saturated heterocycles. The van der Waals surface area contributed by atoms with E-state index in [2.05, 4.69) is 0 Å². The van der Waals surface area contributed by atoms with Crippen LogP contribution in [0.3, 0.4) is 0 Å². The summed E-state index contributed by atoms with van der Waals surface area (Å²) >= 11 is 0. The summed E-state index contributed by atoms with van der Waals surface area (Å²) in [6.45, 7) is 0.922. The molecule has 1 aliphatic rings. The van der Waals surface area contributed by atoms with Crippen molar-refractivity contribution in [3.05, 3.63) is 23.8 Å². The maximum Gasteiger partial charge on any atom is 0.335 e. The number of aromatic carboxylic acids is 1. The molecule has 6 nitrogen and oxygen atoms in total. The number of carboxylic acid groups (broad SMARTS) is 1. The maximum atomic E-state index is 12.2. The SMILES string of the molecule is COc1ccc(C(=O)O)cc1S(=O)(=O)N1CCC1. The Bertz CT molecular complexity index is 577. The van der Waals surface area contributed by atoms with E-state index in [4.69, 9.17) is 9.84 Å². The maximum absolute atomic E-state index is 12.2. The lowest BCUT2D eigenvalue weighted by Gasteiger charge is -2.30. The molecule has 0 radical (unpaired) electrons. The first kappa shape index (κ1) is 12.8. The molecule has 0 aromatic heterocycles. The van der Waals surface area contributed by atoms with Gasteiger partial charge in [-0.2, -0.15) is 4.31 Å². The Kier molecular flexibility index (Phi) is 3.27. The molecule has 2 rings (SSSR count). The van der Waals surface area contributed by atoms with Gasteiger partial charge in [-0.05, 0) is 24.6 Å². The molecule has 0 saturated carbocycles. The van der Waals surface area contributed by atoms with E-state index in [1.165, 1.54) is 23.5 Å². The Labute approximate surface area is 105 Å². The molecule has 1 aromatic carbocycles. The van der Waals surface area contributed by atoms with Crippen molar-refractivity contribution in [2.75, 3.05) is 20.2 Å². The second kappa shape index (κ2) is 4.58. The molecule has 0 atom stereocenters. The van der Waals surface area contributed by atoms with Gasteiger partial charge in [0.25, 0.3) is 0 Å². The van der Waals surface area contributed by atoms with E-state index in [-0.39, 0.29) is 16.2 Å². The Hall–Kier alpha value is -1.60. The first-order chi connectivity index (χ1) is 8.46. The van der Waals surface area contributed by atoms with E-state index in [0.29, 0.717) is 13.1 Å². The van der Waals surface area contributed by atoms with E-state index in [1.54, 1.807) is 0 Å². The van der Waals surface area contributed by atoms with E-state index < -0.39 is 16.0 Å². The zero-order valence-corrected chi connectivity index (χ0v) is 10.6. The van der Waals surface area contributed by atoms with Gasteiger partial charge in [0.05, 0.1) is 12.7 Å². The topological polar surface area (TPSA) is 83.9 Å². The number of ether oxygens (including phenoxy) is 1. The smallest absolute Gasteiger partial charge is 0.335 e. The predicted octanol–water partition coefficient (Wildman–Crippen LogP) is 0.788. The van der Waals surface area contributed by atoms with Crippen molar-refractivity contribution >= 4 is 16.0 Å². The summed E-state index contributed by atoms with van der Waals surface area (Å²) < 4.78 is 30.7. The van der Waals surface area contributed by atoms with Crippen molar-refractivity contribution < 1.29 is 23.1 Å². The number of benzene rings is 1. The number of nitrogens with zero attached hydrogens (tertiary/aromatic N) is 1. The van der Waals surface area contributed by atoms with Crippen LogP contribution in [-0.4, -0.2) is 44.0 Å². The van der Waals surface area contributed by atoms with Gasteiger partial charge in [0.2, 0.25) is 10.0 Å². The zero-order valence-electron chi connectivity index (χ0n) is 9.79. The third kappa shape index (κ3) is 2.06. The molecule has 7 heteroatoms. The van der Waals surface area contributed by atoms with Crippen LogP contribution in [-0.2, 0) is 10.0 Å². The molecule has 1 aromatic rings. The third-order valence-electron chi connectivity index (χ3n) is 2.84. The van der Waals surface area contributed by atoms with Gasteiger partial charge in [-0.1, -0.05) is 0 Å². The van der Waals surface area contributed by atoms with Gasteiger partial charge in [-0.25, -0.2) is 13.2 Å². The van der Waals surface area contributed by atoms with Crippen LogP contribution >= 0.6 is 0 Å². The van der Waals surface area contributed by atoms with Crippen LogP contribution in [0.2, 0.25) is 0 Å². The molecule has 0 bridgehead atoms. The Morgan fingerprint density at radius 3 is 2.50 bits per heavy atom. The van der Waals surface area contributed by atoms with Crippen molar-refractivity contribution in [2.24, 2.45) is 0 Å². The van der Waals surface area contributed by atoms with Gasteiger partial charge in [0.1, 0.15) is 10.6 Å². The highest BCUT2D eigenvalue weighted by Crippen LogP contribution is 2.30. The summed E-state index contributed by atoms with van der Waals surface area (Å²) in [5.41, 5.74) is -0.0742. The van der Waals surface area contributed by atoms with Crippen molar-refractivity contribution in [3.63, 3.8) is 0 Å². The van der Waals surface area contributed by atoms with Crippen LogP contribution in [0.5, 0.6) is 5.75 Å². The zero-order chi connectivity index (χ0) is 13.3. The Morgan fingerprint density at radius 2 is 2.06 bits per heavy atom. The number of rotatable bonds is 4. The standard InChI is InChI=1S/C11H13NO5S/c1-17-9-4-3-8(11(13)14)7-10(9)18(15,16)12-5-2-6-12/h3-4,7H,2,5-6H2,1H3,(H,13,14). The fourth-order valence-corrected chi connectivity index (χ4v) is 3.38. The van der Waals surface area contributed by atoms with Crippen LogP contribution in [0.4, 0.5) is 0 Å². The molecular weight excluding hydrogens is 258 g/mol. The summed E-state index contributed by atoms with van der Waals surface area (Å²) in [6, 6.07) is 3.81. The summed E-state index contributed by atoms with van der Waals surface area (Å²) in [4.78, 5) is 10.8. The van der Waals surface area contributed by atoms with Crippen molar-refractivity contribution in [3.8, 4) is 5.75 Å². The summed E-state index contributed by atoms with van der Waals surface area (Å²) in [7, 11) is -2.30. The quantitative estimate of drug-likeness (QED) is 0.875. The van der Waals surface area contributed by atoms with Crippen LogP contribution in [0, 0.1) is 0 Å². The molecule has 98 valence electrons. The Morgan fingerprint density at radius 1 is 1.39 bits per heavy atom. The van der Waals surface area contributed by atoms with Crippen LogP contribution in [0.15, 0.2) is 23.1 Å². The second-order valence-electron chi connectivity index (χ2n) is 3.93. The fourth-order valence-electron chi connectivity index (χ4n) is 1.68. The first-order valence-electron chi connectivity index (χ1n) is 5.38. The van der Waals surface area contributed by atoms with E-state index >= 15 is 0 Å². The van der Waals surface area contributed by atoms with Gasteiger partial charge in [0, 0.05) is 13.1 Å². The van der Waals surface area contributed by atoms with Gasteiger partial charge < -0.3 is 9.84 Å². The minimum atomic E-state index is -3.66. The molecule has 0 unspecified atom stereocenters. The van der Waals surface area contributed by atoms with Gasteiger partial charge in [-0.3, -0.25) is 0 Å². The molecular formula is C11H13NO5S. The lowest BCUT2D eigenvalue weighted by atomic mass is 10.2. The van der Waals surface area contributed by atoms with Gasteiger partial charge in [0.15, 0.2) is 0 Å². The van der Waals surface area contributed by atoms with Gasteiger partial charge >= 0.3 is 5.97 Å². The highest BCUT2D eigenvalue weighted by Gasteiger charge is 2.32. The van der Waals surface area contributed by atoms with Gasteiger partial charge in [-0.15, -0.1) is 0 Å². The first-order valence-corrected chi connectivity index (χ1v) is 6.82. The third-order valence-corrected chi connectivity index (χ3v) is 4.76. The molecule has 0 aliphatic carbocycles. The van der Waals surface area contributed by atoms with Crippen LogP contribution in [0.1, 0.15) is 16.8 Å². The summed E-state index contributed by atoms with van der Waals surface area (Å²) in [5, 5.41) is 8.90. The summed E-state index contributed by atoms with van der Waals surface area (Å²) in [6.07, 6.45) is 0.820. The highest BCUT2D eigenvalue weighted by atomic mass is 32.2. The minimum absolute atomic E-state index is 0.0742. The lowest BCUT2D eigenvalue weighted by molar-refractivity contribution is 0.0696. The van der Waals surface area contributed by atoms with Crippen LogP contribution in [0.25, 0.3) is 0 Å². The molecule has 18 heavy (non-hydrogen) atoms. The van der Waals surface area contributed by atoms with Crippen LogP contribution < -0.4 is 4.74 Å². The average Bonchev–Trinajstić information content (AvgIpc) is 2.25. The number of carboxylic acids is 1. The number of hydrogen-bond donors (Lipinski definition) is 1. The Balaban J connectivity index is 2.53. The second-order valence-corrected chi connectivity index (χ2v) is 5.83. The van der Waals surface area contributed by atoms with E-state index in [9.17, 15) is 13.2 Å². The van der Waals surface area contributed by atoms with Crippen molar-refractivity contribution in [1.29, 1.82) is 0 Å². The minimum Gasteiger partial charge on any atom is -0.495 e. The largest absolute Gasteiger partial charge is 0.495 e. The molecule has 1 fully saturated rings. The molecule has 0 spiro atoms. The number of sulfonamides is 1. The predicted molar refractivity (Wildman–Crippen MR) is 63.3 cm³/mol. The summed E-state index contributed by atoms with van der Waals surface area (Å²) in [5.74, 6) is -1.01. The molecule has 1 N–H and O–H groups in total. The molecule has 1 heterocycles.